The van der Waals surface area contributed by atoms with Crippen molar-refractivity contribution in [1.29, 1.82) is 0 Å². The molecule has 0 spiro atoms. The van der Waals surface area contributed by atoms with Gasteiger partial charge >= 0.3 is 6.18 Å². The lowest BCUT2D eigenvalue weighted by molar-refractivity contribution is -0.198. The lowest BCUT2D eigenvalue weighted by Crippen LogP contribution is -2.49. The zero-order chi connectivity index (χ0) is 17.3. The molecular formula is C14H23F3N2O3S. The fourth-order valence-electron chi connectivity index (χ4n) is 3.48. The number of nitrogens with zero attached hydrogens (tertiary/aromatic N) is 2. The Morgan fingerprint density at radius 1 is 1.22 bits per heavy atom. The van der Waals surface area contributed by atoms with Crippen LogP contribution in [0.1, 0.15) is 38.5 Å². The van der Waals surface area contributed by atoms with Gasteiger partial charge in [0.15, 0.2) is 0 Å². The van der Waals surface area contributed by atoms with Crippen LogP contribution >= 0.6 is 0 Å². The van der Waals surface area contributed by atoms with Crippen LogP contribution in [0.5, 0.6) is 0 Å². The van der Waals surface area contributed by atoms with Crippen molar-refractivity contribution in [3.8, 4) is 0 Å². The molecule has 134 valence electrons. The predicted octanol–water partition coefficient (Wildman–Crippen LogP) is 1.99. The third kappa shape index (κ3) is 4.37. The molecule has 0 aromatic carbocycles. The summed E-state index contributed by atoms with van der Waals surface area (Å²) < 4.78 is 64.0. The number of sulfonamides is 1. The fraction of sp³-hybridized carbons (Fsp3) is 0.929. The monoisotopic (exact) mass is 356 g/mol. The van der Waals surface area contributed by atoms with Crippen LogP contribution in [0, 0.1) is 5.92 Å². The van der Waals surface area contributed by atoms with Crippen molar-refractivity contribution in [1.82, 2.24) is 9.21 Å². The highest BCUT2D eigenvalue weighted by Crippen LogP contribution is 2.39. The third-order valence-corrected chi connectivity index (χ3v) is 6.78. The minimum Gasteiger partial charge on any atom is -0.342 e. The Labute approximate surface area is 134 Å². The summed E-state index contributed by atoms with van der Waals surface area (Å²) in [6.45, 7) is 0.433. The maximum atomic E-state index is 13.1. The van der Waals surface area contributed by atoms with Crippen LogP contribution in [0.25, 0.3) is 0 Å². The minimum atomic E-state index is -4.31. The average molecular weight is 356 g/mol. The molecule has 0 aromatic rings. The largest absolute Gasteiger partial charge is 0.393 e. The fourth-order valence-corrected chi connectivity index (χ4v) is 5.01. The second-order valence-corrected chi connectivity index (χ2v) is 8.41. The maximum Gasteiger partial charge on any atom is 0.393 e. The van der Waals surface area contributed by atoms with E-state index in [0.717, 1.165) is 0 Å². The molecular weight excluding hydrogens is 333 g/mol. The third-order valence-electron chi connectivity index (χ3n) is 4.82. The Bertz CT molecular complexity index is 536. The standard InChI is InChI=1S/C14H23F3N2O3S/c1-18(12-6-3-2-5-11(12)14(15,16)17)13(20)7-9-19-8-4-10-23(19,21)22/h11-12H,2-10H2,1H3/t11-,12+/m1/s1. The van der Waals surface area contributed by atoms with E-state index < -0.39 is 34.1 Å². The number of hydrogen-bond donors (Lipinski definition) is 0. The molecule has 2 fully saturated rings. The molecule has 2 atom stereocenters. The first-order valence-electron chi connectivity index (χ1n) is 7.93. The van der Waals surface area contributed by atoms with E-state index in [1.807, 2.05) is 0 Å². The van der Waals surface area contributed by atoms with Gasteiger partial charge in [0.05, 0.1) is 11.7 Å². The zero-order valence-corrected chi connectivity index (χ0v) is 14.0. The van der Waals surface area contributed by atoms with Crippen molar-refractivity contribution in [2.75, 3.05) is 25.9 Å². The summed E-state index contributed by atoms with van der Waals surface area (Å²) in [5.41, 5.74) is 0. The van der Waals surface area contributed by atoms with Gasteiger partial charge in [0, 0.05) is 32.6 Å². The molecule has 1 aliphatic heterocycles. The molecule has 5 nitrogen and oxygen atoms in total. The second kappa shape index (κ2) is 6.96. The first-order chi connectivity index (χ1) is 10.6. The summed E-state index contributed by atoms with van der Waals surface area (Å²) in [5, 5.41) is 0. The normalized spacial score (nSPS) is 28.7. The highest BCUT2D eigenvalue weighted by Gasteiger charge is 2.47. The number of rotatable bonds is 4. The maximum absolute atomic E-state index is 13.1. The van der Waals surface area contributed by atoms with E-state index in [2.05, 4.69) is 0 Å². The lowest BCUT2D eigenvalue weighted by atomic mass is 9.83. The second-order valence-electron chi connectivity index (χ2n) is 6.32. The summed E-state index contributed by atoms with van der Waals surface area (Å²) in [4.78, 5) is 13.4. The number of carbonyl (C=O) groups is 1. The van der Waals surface area contributed by atoms with Gasteiger partial charge in [-0.05, 0) is 19.3 Å². The van der Waals surface area contributed by atoms with Crippen LogP contribution in [0.4, 0.5) is 13.2 Å². The van der Waals surface area contributed by atoms with E-state index in [1.54, 1.807) is 0 Å². The number of amides is 1. The van der Waals surface area contributed by atoms with Crippen LogP contribution in [-0.4, -0.2) is 61.6 Å². The topological polar surface area (TPSA) is 57.7 Å². The Morgan fingerprint density at radius 2 is 1.87 bits per heavy atom. The van der Waals surface area contributed by atoms with Crippen LogP contribution in [-0.2, 0) is 14.8 Å². The molecule has 0 aromatic heterocycles. The highest BCUT2D eigenvalue weighted by atomic mass is 32.2. The molecule has 1 amide bonds. The lowest BCUT2D eigenvalue weighted by Gasteiger charge is -2.39. The molecule has 1 heterocycles. The van der Waals surface area contributed by atoms with E-state index in [4.69, 9.17) is 0 Å². The van der Waals surface area contributed by atoms with Crippen LogP contribution in [0.3, 0.4) is 0 Å². The minimum absolute atomic E-state index is 0.0479. The van der Waals surface area contributed by atoms with Gasteiger partial charge < -0.3 is 4.90 Å². The molecule has 9 heteroatoms. The molecule has 1 saturated carbocycles. The van der Waals surface area contributed by atoms with Crippen molar-refractivity contribution in [2.24, 2.45) is 5.92 Å². The van der Waals surface area contributed by atoms with Crippen molar-refractivity contribution in [3.63, 3.8) is 0 Å². The smallest absolute Gasteiger partial charge is 0.342 e. The first kappa shape index (κ1) is 18.5. The summed E-state index contributed by atoms with van der Waals surface area (Å²) in [7, 11) is -1.89. The zero-order valence-electron chi connectivity index (χ0n) is 13.2. The molecule has 1 aliphatic carbocycles. The molecule has 2 rings (SSSR count). The summed E-state index contributed by atoms with van der Waals surface area (Å²) in [5.74, 6) is -1.83. The Kier molecular flexibility index (Phi) is 5.60. The van der Waals surface area contributed by atoms with Gasteiger partial charge in [0.25, 0.3) is 0 Å². The van der Waals surface area contributed by atoms with Gasteiger partial charge in [0.1, 0.15) is 0 Å². The number of alkyl halides is 3. The predicted molar refractivity (Wildman–Crippen MR) is 79.2 cm³/mol. The van der Waals surface area contributed by atoms with Crippen molar-refractivity contribution in [3.05, 3.63) is 0 Å². The van der Waals surface area contributed by atoms with Gasteiger partial charge in [-0.1, -0.05) is 12.8 Å². The van der Waals surface area contributed by atoms with Crippen molar-refractivity contribution < 1.29 is 26.4 Å². The SMILES string of the molecule is CN(C(=O)CCN1CCCS1(=O)=O)[C@H]1CCCC[C@H]1C(F)(F)F. The van der Waals surface area contributed by atoms with Crippen LogP contribution in [0.2, 0.25) is 0 Å². The Morgan fingerprint density at radius 3 is 2.43 bits per heavy atom. The van der Waals surface area contributed by atoms with Gasteiger partial charge in [-0.2, -0.15) is 13.2 Å². The van der Waals surface area contributed by atoms with Gasteiger partial charge in [-0.15, -0.1) is 0 Å². The highest BCUT2D eigenvalue weighted by molar-refractivity contribution is 7.89. The van der Waals surface area contributed by atoms with E-state index in [-0.39, 0.29) is 25.1 Å². The Balaban J connectivity index is 1.95. The van der Waals surface area contributed by atoms with Crippen molar-refractivity contribution in [2.45, 2.75) is 50.7 Å². The van der Waals surface area contributed by atoms with Crippen LogP contribution in [0.15, 0.2) is 0 Å². The van der Waals surface area contributed by atoms with E-state index in [1.165, 1.54) is 16.3 Å². The van der Waals surface area contributed by atoms with E-state index >= 15 is 0 Å². The average Bonchev–Trinajstić information content (AvgIpc) is 2.81. The van der Waals surface area contributed by atoms with E-state index in [9.17, 15) is 26.4 Å². The molecule has 1 saturated heterocycles. The van der Waals surface area contributed by atoms with Gasteiger partial charge in [-0.25, -0.2) is 12.7 Å². The quantitative estimate of drug-likeness (QED) is 0.774. The molecule has 0 radical (unpaired) electrons. The Hall–Kier alpha value is -0.830. The molecule has 2 aliphatic rings. The van der Waals surface area contributed by atoms with Crippen molar-refractivity contribution >= 4 is 15.9 Å². The van der Waals surface area contributed by atoms with Gasteiger partial charge in [-0.3, -0.25) is 4.79 Å². The molecule has 0 bridgehead atoms. The number of hydrogen-bond acceptors (Lipinski definition) is 3. The number of carbonyl (C=O) groups excluding carboxylic acids is 1. The molecule has 23 heavy (non-hydrogen) atoms. The number of halogens is 3. The van der Waals surface area contributed by atoms with E-state index in [0.29, 0.717) is 32.2 Å². The molecule has 0 unspecified atom stereocenters. The van der Waals surface area contributed by atoms with Gasteiger partial charge in [0.2, 0.25) is 15.9 Å². The summed E-state index contributed by atoms with van der Waals surface area (Å²) in [6.07, 6.45) is -2.26. The summed E-state index contributed by atoms with van der Waals surface area (Å²) in [6, 6.07) is -0.841. The van der Waals surface area contributed by atoms with Crippen LogP contribution < -0.4 is 0 Å². The first-order valence-corrected chi connectivity index (χ1v) is 9.54. The summed E-state index contributed by atoms with van der Waals surface area (Å²) >= 11 is 0. The molecule has 0 N–H and O–H groups in total.